The maximum atomic E-state index is 11.5. The normalized spacial score (nSPS) is 12.5. The highest BCUT2D eigenvalue weighted by molar-refractivity contribution is 5.88. The van der Waals surface area contributed by atoms with Crippen LogP contribution in [-0.4, -0.2) is 39.3 Å². The molecule has 0 saturated carbocycles. The third kappa shape index (κ3) is 3.26. The lowest BCUT2D eigenvalue weighted by molar-refractivity contribution is 0.0592. The Morgan fingerprint density at radius 1 is 1.53 bits per heavy atom. The maximum Gasteiger partial charge on any atom is 0.360 e. The number of esters is 1. The summed E-state index contributed by atoms with van der Waals surface area (Å²) in [5, 5.41) is 17.3. The summed E-state index contributed by atoms with van der Waals surface area (Å²) in [5.74, 6) is -0.481. The van der Waals surface area contributed by atoms with Crippen molar-refractivity contribution in [1.29, 1.82) is 0 Å². The van der Waals surface area contributed by atoms with Gasteiger partial charge in [0.1, 0.15) is 0 Å². The van der Waals surface area contributed by atoms with Gasteiger partial charge >= 0.3 is 5.97 Å². The third-order valence-corrected chi connectivity index (χ3v) is 2.56. The predicted molar refractivity (Wildman–Crippen MR) is 61.7 cm³/mol. The number of ether oxygens (including phenoxy) is 1. The molecule has 1 heterocycles. The molecule has 1 aromatic rings. The monoisotopic (exact) mass is 241 g/mol. The Hall–Kier alpha value is -1.43. The zero-order chi connectivity index (χ0) is 12.8. The molecule has 1 atom stereocenters. The van der Waals surface area contributed by atoms with Gasteiger partial charge in [0.25, 0.3) is 0 Å². The minimum absolute atomic E-state index is 0.248. The van der Waals surface area contributed by atoms with Crippen molar-refractivity contribution in [3.8, 4) is 0 Å². The molecule has 0 amide bonds. The fourth-order valence-corrected chi connectivity index (χ4v) is 1.55. The molecule has 6 nitrogen and oxygen atoms in total. The Kier molecular flexibility index (Phi) is 5.09. The Morgan fingerprint density at radius 2 is 2.24 bits per heavy atom. The average Bonchev–Trinajstić information content (AvgIpc) is 2.72. The molecule has 1 unspecified atom stereocenters. The summed E-state index contributed by atoms with van der Waals surface area (Å²) < 4.78 is 6.24. The number of methoxy groups -OCH3 is 1. The fraction of sp³-hybridized carbons (Fsp3) is 0.727. The number of rotatable bonds is 6. The van der Waals surface area contributed by atoms with E-state index in [1.54, 1.807) is 4.68 Å². The van der Waals surface area contributed by atoms with Crippen LogP contribution in [0.5, 0.6) is 0 Å². The van der Waals surface area contributed by atoms with Gasteiger partial charge in [0.15, 0.2) is 5.69 Å². The molecule has 0 aliphatic rings. The Balaban J connectivity index is 2.97. The van der Waals surface area contributed by atoms with E-state index < -0.39 is 12.1 Å². The molecule has 6 heteroatoms. The highest BCUT2D eigenvalue weighted by Crippen LogP contribution is 2.11. The van der Waals surface area contributed by atoms with Crippen molar-refractivity contribution < 1.29 is 14.6 Å². The molecule has 0 aromatic carbocycles. The number of hydrogen-bond donors (Lipinski definition) is 1. The van der Waals surface area contributed by atoms with Crippen LogP contribution in [-0.2, 0) is 17.7 Å². The summed E-state index contributed by atoms with van der Waals surface area (Å²) in [6.45, 7) is 4.26. The quantitative estimate of drug-likeness (QED) is 0.745. The summed E-state index contributed by atoms with van der Waals surface area (Å²) in [6, 6.07) is 0. The summed E-state index contributed by atoms with van der Waals surface area (Å²) in [4.78, 5) is 11.5. The molecule has 96 valence electrons. The van der Waals surface area contributed by atoms with Gasteiger partial charge in [0, 0.05) is 0 Å². The van der Waals surface area contributed by atoms with Crippen LogP contribution in [0.1, 0.15) is 42.9 Å². The van der Waals surface area contributed by atoms with Gasteiger partial charge in [0.2, 0.25) is 0 Å². The van der Waals surface area contributed by atoms with Crippen molar-refractivity contribution in [1.82, 2.24) is 15.0 Å². The van der Waals surface area contributed by atoms with Crippen molar-refractivity contribution in [3.05, 3.63) is 11.4 Å². The van der Waals surface area contributed by atoms with Crippen LogP contribution in [0.2, 0.25) is 0 Å². The molecule has 0 fully saturated rings. The summed E-state index contributed by atoms with van der Waals surface area (Å²) in [5.41, 5.74) is 0.976. The number of hydrogen-bond acceptors (Lipinski definition) is 5. The van der Waals surface area contributed by atoms with Crippen LogP contribution in [0.25, 0.3) is 0 Å². The van der Waals surface area contributed by atoms with E-state index in [9.17, 15) is 9.90 Å². The average molecular weight is 241 g/mol. The Morgan fingerprint density at radius 3 is 2.76 bits per heavy atom. The van der Waals surface area contributed by atoms with E-state index in [1.807, 2.05) is 13.8 Å². The number of carbonyl (C=O) groups excluding carboxylic acids is 1. The van der Waals surface area contributed by atoms with Crippen molar-refractivity contribution in [2.75, 3.05) is 7.11 Å². The first-order chi connectivity index (χ1) is 8.13. The highest BCUT2D eigenvalue weighted by atomic mass is 16.5. The van der Waals surface area contributed by atoms with E-state index in [0.29, 0.717) is 19.4 Å². The topological polar surface area (TPSA) is 77.2 Å². The lowest BCUT2D eigenvalue weighted by Crippen LogP contribution is -2.18. The van der Waals surface area contributed by atoms with E-state index in [1.165, 1.54) is 7.11 Å². The SMILES string of the molecule is CCCc1c(C(=O)OC)nnn1CC(O)CC. The maximum absolute atomic E-state index is 11.5. The number of carbonyl (C=O) groups is 1. The zero-order valence-electron chi connectivity index (χ0n) is 10.5. The largest absolute Gasteiger partial charge is 0.464 e. The van der Waals surface area contributed by atoms with E-state index in [4.69, 9.17) is 0 Å². The van der Waals surface area contributed by atoms with Crippen molar-refractivity contribution in [2.45, 2.75) is 45.8 Å². The van der Waals surface area contributed by atoms with Gasteiger partial charge in [-0.3, -0.25) is 0 Å². The van der Waals surface area contributed by atoms with Gasteiger partial charge in [-0.05, 0) is 12.8 Å². The van der Waals surface area contributed by atoms with Crippen molar-refractivity contribution >= 4 is 5.97 Å². The molecule has 0 radical (unpaired) electrons. The van der Waals surface area contributed by atoms with E-state index in [2.05, 4.69) is 15.0 Å². The van der Waals surface area contributed by atoms with Gasteiger partial charge in [-0.25, -0.2) is 9.48 Å². The van der Waals surface area contributed by atoms with E-state index >= 15 is 0 Å². The van der Waals surface area contributed by atoms with Crippen LogP contribution >= 0.6 is 0 Å². The molecule has 0 spiro atoms. The summed E-state index contributed by atoms with van der Waals surface area (Å²) in [7, 11) is 1.32. The molecular weight excluding hydrogens is 222 g/mol. The number of aromatic nitrogens is 3. The van der Waals surface area contributed by atoms with Gasteiger partial charge in [-0.1, -0.05) is 25.5 Å². The van der Waals surface area contributed by atoms with Gasteiger partial charge < -0.3 is 9.84 Å². The third-order valence-electron chi connectivity index (χ3n) is 2.56. The second-order valence-electron chi connectivity index (χ2n) is 3.87. The molecule has 0 aliphatic heterocycles. The van der Waals surface area contributed by atoms with Gasteiger partial charge in [-0.2, -0.15) is 0 Å². The van der Waals surface area contributed by atoms with Crippen molar-refractivity contribution in [2.24, 2.45) is 0 Å². The first-order valence-electron chi connectivity index (χ1n) is 5.82. The molecule has 0 aliphatic carbocycles. The van der Waals surface area contributed by atoms with Crippen LogP contribution in [0.3, 0.4) is 0 Å². The van der Waals surface area contributed by atoms with Crippen LogP contribution < -0.4 is 0 Å². The van der Waals surface area contributed by atoms with Gasteiger partial charge in [0.05, 0.1) is 25.5 Å². The zero-order valence-corrected chi connectivity index (χ0v) is 10.5. The second-order valence-corrected chi connectivity index (χ2v) is 3.87. The fourth-order valence-electron chi connectivity index (χ4n) is 1.55. The molecule has 1 N–H and O–H groups in total. The number of nitrogens with zero attached hydrogens (tertiary/aromatic N) is 3. The van der Waals surface area contributed by atoms with Gasteiger partial charge in [-0.15, -0.1) is 5.10 Å². The molecule has 0 bridgehead atoms. The lowest BCUT2D eigenvalue weighted by Gasteiger charge is -2.10. The number of aliphatic hydroxyl groups excluding tert-OH is 1. The molecule has 1 aromatic heterocycles. The standard InChI is InChI=1S/C11H19N3O3/c1-4-6-9-10(11(16)17-3)12-13-14(9)7-8(15)5-2/h8,15H,4-7H2,1-3H3. The molecule has 17 heavy (non-hydrogen) atoms. The van der Waals surface area contributed by atoms with E-state index in [-0.39, 0.29) is 5.69 Å². The summed E-state index contributed by atoms with van der Waals surface area (Å²) in [6.07, 6.45) is 1.73. The minimum atomic E-state index is -0.481. The number of aliphatic hydroxyl groups is 1. The van der Waals surface area contributed by atoms with Crippen LogP contribution in [0, 0.1) is 0 Å². The van der Waals surface area contributed by atoms with Crippen LogP contribution in [0.15, 0.2) is 0 Å². The second kappa shape index (κ2) is 6.34. The first-order valence-corrected chi connectivity index (χ1v) is 5.82. The lowest BCUT2D eigenvalue weighted by atomic mass is 10.2. The Bertz CT molecular complexity index is 376. The smallest absolute Gasteiger partial charge is 0.360 e. The predicted octanol–water partition coefficient (Wildman–Crippen LogP) is 0.788. The molecular formula is C11H19N3O3. The van der Waals surface area contributed by atoms with Crippen LogP contribution in [0.4, 0.5) is 0 Å². The van der Waals surface area contributed by atoms with E-state index in [0.717, 1.165) is 12.1 Å². The first kappa shape index (κ1) is 13.6. The molecule has 1 rings (SSSR count). The minimum Gasteiger partial charge on any atom is -0.464 e. The van der Waals surface area contributed by atoms with Crippen molar-refractivity contribution in [3.63, 3.8) is 0 Å². The molecule has 0 saturated heterocycles. The highest BCUT2D eigenvalue weighted by Gasteiger charge is 2.20. The Labute approximate surface area is 101 Å². The summed E-state index contributed by atoms with van der Waals surface area (Å²) >= 11 is 0.